The fourth-order valence-electron chi connectivity index (χ4n) is 2.03. The molecule has 0 unspecified atom stereocenters. The Kier molecular flexibility index (Phi) is 6.48. The smallest absolute Gasteiger partial charge is 0.262 e. The summed E-state index contributed by atoms with van der Waals surface area (Å²) in [4.78, 5) is 11.9. The predicted octanol–water partition coefficient (Wildman–Crippen LogP) is 5.08. The number of benzene rings is 1. The van der Waals surface area contributed by atoms with Crippen LogP contribution in [0.3, 0.4) is 0 Å². The summed E-state index contributed by atoms with van der Waals surface area (Å²) in [5.74, 6) is 0.491. The van der Waals surface area contributed by atoms with Crippen molar-refractivity contribution in [2.75, 3.05) is 6.54 Å². The van der Waals surface area contributed by atoms with Gasteiger partial charge in [0, 0.05) is 18.2 Å². The van der Waals surface area contributed by atoms with E-state index in [1.54, 1.807) is 30.3 Å². The molecule has 0 saturated heterocycles. The van der Waals surface area contributed by atoms with Crippen molar-refractivity contribution in [1.29, 1.82) is 5.26 Å². The molecule has 2 rings (SSSR count). The lowest BCUT2D eigenvalue weighted by molar-refractivity contribution is -0.117. The third kappa shape index (κ3) is 4.41. The Bertz CT molecular complexity index is 804. The molecule has 2 aromatic rings. The maximum Gasteiger partial charge on any atom is 0.262 e. The van der Waals surface area contributed by atoms with E-state index in [1.165, 1.54) is 6.08 Å². The number of halogens is 2. The van der Waals surface area contributed by atoms with Gasteiger partial charge in [0.15, 0.2) is 0 Å². The third-order valence-corrected chi connectivity index (χ3v) is 4.13. The van der Waals surface area contributed by atoms with Crippen LogP contribution in [-0.4, -0.2) is 12.5 Å². The molecular weight excluding hydrogens is 347 g/mol. The second kappa shape index (κ2) is 8.58. The SMILES string of the molecule is CCCCNC(=O)/C(C#N)=C/c1ccc(-c2cccc(Cl)c2Cl)o1. The van der Waals surface area contributed by atoms with Gasteiger partial charge < -0.3 is 9.73 Å². The van der Waals surface area contributed by atoms with Crippen LogP contribution in [0.4, 0.5) is 0 Å². The first-order valence-corrected chi connectivity index (χ1v) is 8.26. The molecular formula is C18H16Cl2N2O2. The second-order valence-corrected chi connectivity index (χ2v) is 5.87. The average Bonchev–Trinajstić information content (AvgIpc) is 3.03. The first-order chi connectivity index (χ1) is 11.6. The Morgan fingerprint density at radius 1 is 1.33 bits per heavy atom. The van der Waals surface area contributed by atoms with Crippen LogP contribution in [0.15, 0.2) is 40.3 Å². The highest BCUT2D eigenvalue weighted by Gasteiger charge is 2.13. The monoisotopic (exact) mass is 362 g/mol. The number of hydrogen-bond donors (Lipinski definition) is 1. The molecule has 0 spiro atoms. The summed E-state index contributed by atoms with van der Waals surface area (Å²) in [6, 6.07) is 10.5. The zero-order valence-corrected chi connectivity index (χ0v) is 14.6. The summed E-state index contributed by atoms with van der Waals surface area (Å²) >= 11 is 12.2. The highest BCUT2D eigenvalue weighted by Crippen LogP contribution is 2.34. The van der Waals surface area contributed by atoms with E-state index in [9.17, 15) is 4.79 Å². The number of hydrogen-bond acceptors (Lipinski definition) is 3. The molecule has 0 bridgehead atoms. The first-order valence-electron chi connectivity index (χ1n) is 7.51. The molecule has 0 atom stereocenters. The van der Waals surface area contributed by atoms with E-state index in [2.05, 4.69) is 5.32 Å². The first kappa shape index (κ1) is 18.1. The largest absolute Gasteiger partial charge is 0.457 e. The lowest BCUT2D eigenvalue weighted by Gasteiger charge is -2.03. The van der Waals surface area contributed by atoms with Crippen molar-refractivity contribution >= 4 is 35.2 Å². The molecule has 0 aliphatic rings. The van der Waals surface area contributed by atoms with Crippen LogP contribution < -0.4 is 5.32 Å². The van der Waals surface area contributed by atoms with Crippen molar-refractivity contribution in [1.82, 2.24) is 5.32 Å². The number of nitrogens with zero attached hydrogens (tertiary/aromatic N) is 1. The maximum atomic E-state index is 11.9. The number of carbonyl (C=O) groups is 1. The van der Waals surface area contributed by atoms with Crippen LogP contribution in [-0.2, 0) is 4.79 Å². The number of carbonyl (C=O) groups excluding carboxylic acids is 1. The van der Waals surface area contributed by atoms with Gasteiger partial charge in [0.05, 0.1) is 10.0 Å². The van der Waals surface area contributed by atoms with Crippen molar-refractivity contribution in [3.63, 3.8) is 0 Å². The Balaban J connectivity index is 2.21. The molecule has 124 valence electrons. The molecule has 1 amide bonds. The summed E-state index contributed by atoms with van der Waals surface area (Å²) in [6.07, 6.45) is 3.24. The quantitative estimate of drug-likeness (QED) is 0.442. The molecule has 0 fully saturated rings. The minimum absolute atomic E-state index is 0.0100. The number of amides is 1. The standard InChI is InChI=1S/C18H16Cl2N2O2/c1-2-3-9-22-18(23)12(11-21)10-13-7-8-16(24-13)14-5-4-6-15(19)17(14)20/h4-8,10H,2-3,9H2,1H3,(H,22,23)/b12-10+. The van der Waals surface area contributed by atoms with Crippen LogP contribution in [0.25, 0.3) is 17.4 Å². The van der Waals surface area contributed by atoms with E-state index in [0.29, 0.717) is 33.7 Å². The summed E-state index contributed by atoms with van der Waals surface area (Å²) in [7, 11) is 0. The normalized spacial score (nSPS) is 11.2. The molecule has 4 nitrogen and oxygen atoms in total. The zero-order valence-electron chi connectivity index (χ0n) is 13.1. The van der Waals surface area contributed by atoms with Gasteiger partial charge >= 0.3 is 0 Å². The van der Waals surface area contributed by atoms with Gasteiger partial charge in [0.1, 0.15) is 23.2 Å². The average molecular weight is 363 g/mol. The van der Waals surface area contributed by atoms with Gasteiger partial charge in [-0.25, -0.2) is 0 Å². The van der Waals surface area contributed by atoms with Gasteiger partial charge in [-0.15, -0.1) is 0 Å². The van der Waals surface area contributed by atoms with E-state index < -0.39 is 5.91 Å². The predicted molar refractivity (Wildman–Crippen MR) is 95.7 cm³/mol. The number of rotatable bonds is 6. The van der Waals surface area contributed by atoms with Gasteiger partial charge in [-0.2, -0.15) is 5.26 Å². The van der Waals surface area contributed by atoms with E-state index in [4.69, 9.17) is 32.9 Å². The number of unbranched alkanes of at least 4 members (excludes halogenated alkanes) is 1. The molecule has 6 heteroatoms. The number of nitrogens with one attached hydrogen (secondary N) is 1. The number of nitriles is 1. The topological polar surface area (TPSA) is 66.0 Å². The Morgan fingerprint density at radius 3 is 2.83 bits per heavy atom. The van der Waals surface area contributed by atoms with Gasteiger partial charge in [-0.1, -0.05) is 42.6 Å². The highest BCUT2D eigenvalue weighted by atomic mass is 35.5. The third-order valence-electron chi connectivity index (χ3n) is 3.31. The van der Waals surface area contributed by atoms with Gasteiger partial charge in [-0.3, -0.25) is 4.79 Å². The lowest BCUT2D eigenvalue weighted by atomic mass is 10.2. The minimum atomic E-state index is -0.412. The molecule has 24 heavy (non-hydrogen) atoms. The molecule has 1 aromatic heterocycles. The molecule has 0 radical (unpaired) electrons. The summed E-state index contributed by atoms with van der Waals surface area (Å²) in [6.45, 7) is 2.56. The Labute approximate surface area is 150 Å². The zero-order chi connectivity index (χ0) is 17.5. The Hall–Kier alpha value is -2.22. The van der Waals surface area contributed by atoms with Crippen LogP contribution >= 0.6 is 23.2 Å². The summed E-state index contributed by atoms with van der Waals surface area (Å²) in [5.41, 5.74) is 0.638. The fourth-order valence-corrected chi connectivity index (χ4v) is 2.43. The number of furan rings is 1. The van der Waals surface area contributed by atoms with E-state index >= 15 is 0 Å². The molecule has 0 saturated carbocycles. The maximum absolute atomic E-state index is 11.9. The van der Waals surface area contributed by atoms with E-state index in [1.807, 2.05) is 13.0 Å². The highest BCUT2D eigenvalue weighted by molar-refractivity contribution is 6.43. The molecule has 1 aromatic carbocycles. The fraction of sp³-hybridized carbons (Fsp3) is 0.222. The van der Waals surface area contributed by atoms with Crippen molar-refractivity contribution in [3.8, 4) is 17.4 Å². The van der Waals surface area contributed by atoms with Crippen molar-refractivity contribution in [3.05, 3.63) is 51.7 Å². The second-order valence-electron chi connectivity index (χ2n) is 5.08. The summed E-state index contributed by atoms with van der Waals surface area (Å²) in [5, 5.41) is 12.7. The minimum Gasteiger partial charge on any atom is -0.457 e. The van der Waals surface area contributed by atoms with Gasteiger partial charge in [-0.05, 0) is 30.7 Å². The van der Waals surface area contributed by atoms with Crippen molar-refractivity contribution in [2.24, 2.45) is 0 Å². The van der Waals surface area contributed by atoms with Crippen LogP contribution in [0, 0.1) is 11.3 Å². The molecule has 1 heterocycles. The van der Waals surface area contributed by atoms with Crippen molar-refractivity contribution in [2.45, 2.75) is 19.8 Å². The van der Waals surface area contributed by atoms with Crippen LogP contribution in [0.1, 0.15) is 25.5 Å². The van der Waals surface area contributed by atoms with Crippen LogP contribution in [0.2, 0.25) is 10.0 Å². The Morgan fingerprint density at radius 2 is 2.12 bits per heavy atom. The van der Waals surface area contributed by atoms with E-state index in [-0.39, 0.29) is 5.57 Å². The van der Waals surface area contributed by atoms with Gasteiger partial charge in [0.2, 0.25) is 0 Å². The van der Waals surface area contributed by atoms with E-state index in [0.717, 1.165) is 12.8 Å². The summed E-state index contributed by atoms with van der Waals surface area (Å²) < 4.78 is 5.66. The lowest BCUT2D eigenvalue weighted by Crippen LogP contribution is -2.25. The van der Waals surface area contributed by atoms with Gasteiger partial charge in [0.25, 0.3) is 5.91 Å². The molecule has 0 aliphatic heterocycles. The molecule has 1 N–H and O–H groups in total. The van der Waals surface area contributed by atoms with Crippen molar-refractivity contribution < 1.29 is 9.21 Å². The molecule has 0 aliphatic carbocycles. The van der Waals surface area contributed by atoms with Crippen LogP contribution in [0.5, 0.6) is 0 Å².